The number of hydrogen-bond donors (Lipinski definition) is 1. The number of nitrogens with zero attached hydrogens (tertiary/aromatic N) is 2. The molecule has 1 aromatic heterocycles. The van der Waals surface area contributed by atoms with E-state index in [2.05, 4.69) is 39.5 Å². The number of carbonyl (C=O) groups excluding carboxylic acids is 1. The molecule has 1 saturated heterocycles. The van der Waals surface area contributed by atoms with Gasteiger partial charge < -0.3 is 15.0 Å². The van der Waals surface area contributed by atoms with Crippen molar-refractivity contribution in [2.75, 3.05) is 29.9 Å². The molecule has 0 unspecified atom stereocenters. The smallest absolute Gasteiger partial charge is 0.338 e. The van der Waals surface area contributed by atoms with E-state index in [1.54, 1.807) is 6.07 Å². The Morgan fingerprint density at radius 2 is 1.83 bits per heavy atom. The molecule has 0 bridgehead atoms. The normalized spacial score (nSPS) is 14.1. The molecule has 2 heterocycles. The van der Waals surface area contributed by atoms with E-state index >= 15 is 0 Å². The lowest BCUT2D eigenvalue weighted by Crippen LogP contribution is -2.29. The fraction of sp³-hybridized carbons (Fsp3) is 0.333. The Balaban J connectivity index is 1.62. The molecule has 4 rings (SSSR count). The second-order valence-corrected chi connectivity index (χ2v) is 7.48. The van der Waals surface area contributed by atoms with Gasteiger partial charge in [0.05, 0.1) is 17.7 Å². The van der Waals surface area contributed by atoms with E-state index in [-0.39, 0.29) is 5.97 Å². The van der Waals surface area contributed by atoms with Crippen molar-refractivity contribution in [2.45, 2.75) is 33.1 Å². The number of pyridine rings is 1. The van der Waals surface area contributed by atoms with Crippen LogP contribution in [0.25, 0.3) is 10.9 Å². The molecule has 29 heavy (non-hydrogen) atoms. The van der Waals surface area contributed by atoms with Crippen LogP contribution in [0.1, 0.15) is 42.2 Å². The molecule has 150 valence electrons. The van der Waals surface area contributed by atoms with Gasteiger partial charge in [-0.05, 0) is 81.6 Å². The summed E-state index contributed by atoms with van der Waals surface area (Å²) >= 11 is 0. The fourth-order valence-corrected chi connectivity index (χ4v) is 3.87. The highest BCUT2D eigenvalue weighted by molar-refractivity contribution is 5.99. The third kappa shape index (κ3) is 4.34. The van der Waals surface area contributed by atoms with Crippen LogP contribution in [-0.4, -0.2) is 30.6 Å². The third-order valence-electron chi connectivity index (χ3n) is 5.32. The second kappa shape index (κ2) is 8.52. The van der Waals surface area contributed by atoms with Gasteiger partial charge in [-0.3, -0.25) is 4.98 Å². The van der Waals surface area contributed by atoms with Crippen molar-refractivity contribution < 1.29 is 9.53 Å². The number of nitrogens with one attached hydrogen (secondary N) is 1. The maximum atomic E-state index is 12.1. The first-order valence-corrected chi connectivity index (χ1v) is 10.3. The Bertz CT molecular complexity index is 1010. The Morgan fingerprint density at radius 3 is 2.55 bits per heavy atom. The number of hydrogen-bond acceptors (Lipinski definition) is 5. The number of rotatable bonds is 5. The van der Waals surface area contributed by atoms with Gasteiger partial charge in [0.1, 0.15) is 0 Å². The van der Waals surface area contributed by atoms with Crippen molar-refractivity contribution in [2.24, 2.45) is 0 Å². The van der Waals surface area contributed by atoms with E-state index in [9.17, 15) is 4.79 Å². The summed E-state index contributed by atoms with van der Waals surface area (Å²) in [6.07, 6.45) is 3.87. The standard InChI is InChI=1S/C24H27N3O2/c1-3-29-24(28)18-7-12-22-21(16-18)23(15-17(2)25-22)26-19-8-10-20(11-9-19)27-13-5-4-6-14-27/h7-12,15-16H,3-6,13-14H2,1-2H3,(H,25,26). The predicted octanol–water partition coefficient (Wildman–Crippen LogP) is 5.45. The molecule has 1 fully saturated rings. The molecule has 0 saturated carbocycles. The summed E-state index contributed by atoms with van der Waals surface area (Å²) in [4.78, 5) is 19.2. The van der Waals surface area contributed by atoms with Gasteiger partial charge in [0, 0.05) is 41.2 Å². The number of esters is 1. The summed E-state index contributed by atoms with van der Waals surface area (Å²) in [5.41, 5.74) is 5.53. The zero-order valence-electron chi connectivity index (χ0n) is 17.1. The predicted molar refractivity (Wildman–Crippen MR) is 118 cm³/mol. The molecule has 0 radical (unpaired) electrons. The summed E-state index contributed by atoms with van der Waals surface area (Å²) < 4.78 is 5.15. The first kappa shape index (κ1) is 19.2. The highest BCUT2D eigenvalue weighted by Gasteiger charge is 2.13. The number of ether oxygens (including phenoxy) is 1. The van der Waals surface area contributed by atoms with Gasteiger partial charge in [0.15, 0.2) is 0 Å². The van der Waals surface area contributed by atoms with E-state index in [1.807, 2.05) is 32.0 Å². The van der Waals surface area contributed by atoms with Crippen LogP contribution in [0.3, 0.4) is 0 Å². The molecule has 3 aromatic rings. The Morgan fingerprint density at radius 1 is 1.07 bits per heavy atom. The van der Waals surface area contributed by atoms with Crippen molar-refractivity contribution >= 4 is 33.9 Å². The number of aromatic nitrogens is 1. The molecule has 1 aliphatic rings. The fourth-order valence-electron chi connectivity index (χ4n) is 3.87. The minimum absolute atomic E-state index is 0.313. The Labute approximate surface area is 171 Å². The van der Waals surface area contributed by atoms with E-state index in [0.29, 0.717) is 12.2 Å². The largest absolute Gasteiger partial charge is 0.462 e. The van der Waals surface area contributed by atoms with Crippen molar-refractivity contribution in [1.29, 1.82) is 0 Å². The van der Waals surface area contributed by atoms with Gasteiger partial charge in [-0.25, -0.2) is 4.79 Å². The number of carbonyl (C=O) groups is 1. The van der Waals surface area contributed by atoms with Crippen molar-refractivity contribution in [1.82, 2.24) is 4.98 Å². The zero-order chi connectivity index (χ0) is 20.2. The highest BCUT2D eigenvalue weighted by Crippen LogP contribution is 2.29. The minimum Gasteiger partial charge on any atom is -0.462 e. The lowest BCUT2D eigenvalue weighted by Gasteiger charge is -2.28. The van der Waals surface area contributed by atoms with Gasteiger partial charge in [0.2, 0.25) is 0 Å². The molecule has 0 amide bonds. The van der Waals surface area contributed by atoms with Crippen LogP contribution in [0.15, 0.2) is 48.5 Å². The zero-order valence-corrected chi connectivity index (χ0v) is 17.1. The number of piperidine rings is 1. The Hall–Kier alpha value is -3.08. The van der Waals surface area contributed by atoms with Crippen LogP contribution in [-0.2, 0) is 4.74 Å². The van der Waals surface area contributed by atoms with E-state index < -0.39 is 0 Å². The molecule has 1 N–H and O–H groups in total. The van der Waals surface area contributed by atoms with Crippen molar-refractivity contribution in [3.8, 4) is 0 Å². The number of aryl methyl sites for hydroxylation is 1. The van der Waals surface area contributed by atoms with Crippen molar-refractivity contribution in [3.05, 3.63) is 59.8 Å². The Kier molecular flexibility index (Phi) is 5.65. The molecule has 0 aliphatic carbocycles. The van der Waals surface area contributed by atoms with Crippen LogP contribution in [0.4, 0.5) is 17.1 Å². The molecule has 0 spiro atoms. The molecule has 0 atom stereocenters. The first-order valence-electron chi connectivity index (χ1n) is 10.3. The van der Waals surface area contributed by atoms with E-state index in [1.165, 1.54) is 24.9 Å². The number of fused-ring (bicyclic) bond motifs is 1. The van der Waals surface area contributed by atoms with Gasteiger partial charge >= 0.3 is 5.97 Å². The number of benzene rings is 2. The van der Waals surface area contributed by atoms with Gasteiger partial charge in [-0.1, -0.05) is 0 Å². The summed E-state index contributed by atoms with van der Waals surface area (Å²) in [5, 5.41) is 4.41. The average molecular weight is 389 g/mol. The monoisotopic (exact) mass is 389 g/mol. The highest BCUT2D eigenvalue weighted by atomic mass is 16.5. The minimum atomic E-state index is -0.313. The van der Waals surface area contributed by atoms with Gasteiger partial charge in [-0.2, -0.15) is 0 Å². The van der Waals surface area contributed by atoms with E-state index in [0.717, 1.165) is 41.1 Å². The number of anilines is 3. The average Bonchev–Trinajstić information content (AvgIpc) is 2.75. The van der Waals surface area contributed by atoms with Crippen LogP contribution < -0.4 is 10.2 Å². The topological polar surface area (TPSA) is 54.5 Å². The lowest BCUT2D eigenvalue weighted by molar-refractivity contribution is 0.0526. The SMILES string of the molecule is CCOC(=O)c1ccc2nc(C)cc(Nc3ccc(N4CCCCC4)cc3)c2c1. The first-order chi connectivity index (χ1) is 14.1. The van der Waals surface area contributed by atoms with E-state index in [4.69, 9.17) is 4.74 Å². The maximum absolute atomic E-state index is 12.1. The van der Waals surface area contributed by atoms with Gasteiger partial charge in [-0.15, -0.1) is 0 Å². The molecule has 5 nitrogen and oxygen atoms in total. The maximum Gasteiger partial charge on any atom is 0.338 e. The molecular weight excluding hydrogens is 362 g/mol. The summed E-state index contributed by atoms with van der Waals surface area (Å²) in [6.45, 7) is 6.42. The summed E-state index contributed by atoms with van der Waals surface area (Å²) in [7, 11) is 0. The molecular formula is C24H27N3O2. The van der Waals surface area contributed by atoms with Crippen LogP contribution in [0.2, 0.25) is 0 Å². The molecule has 5 heteroatoms. The second-order valence-electron chi connectivity index (χ2n) is 7.48. The summed E-state index contributed by atoms with van der Waals surface area (Å²) in [5.74, 6) is -0.313. The molecule has 1 aliphatic heterocycles. The third-order valence-corrected chi connectivity index (χ3v) is 5.32. The van der Waals surface area contributed by atoms with Gasteiger partial charge in [0.25, 0.3) is 0 Å². The molecule has 2 aromatic carbocycles. The van der Waals surface area contributed by atoms with Crippen molar-refractivity contribution in [3.63, 3.8) is 0 Å². The van der Waals surface area contributed by atoms with Crippen LogP contribution >= 0.6 is 0 Å². The quantitative estimate of drug-likeness (QED) is 0.588. The lowest BCUT2D eigenvalue weighted by atomic mass is 10.1. The van der Waals surface area contributed by atoms with Crippen LogP contribution in [0, 0.1) is 6.92 Å². The van der Waals surface area contributed by atoms with Crippen LogP contribution in [0.5, 0.6) is 0 Å². The summed E-state index contributed by atoms with van der Waals surface area (Å²) in [6, 6.07) is 16.1.